The monoisotopic (exact) mass is 418 g/mol. The zero-order valence-corrected chi connectivity index (χ0v) is 15.8. The zero-order chi connectivity index (χ0) is 19.7. The molecule has 0 radical (unpaired) electrons. The number of nitrogens with zero attached hydrogens (tertiary/aromatic N) is 2. The van der Waals surface area contributed by atoms with E-state index in [0.717, 1.165) is 5.56 Å². The lowest BCUT2D eigenvalue weighted by Gasteiger charge is -2.05. The first-order valence-corrected chi connectivity index (χ1v) is 9.49. The summed E-state index contributed by atoms with van der Waals surface area (Å²) < 4.78 is 24.0. The summed E-state index contributed by atoms with van der Waals surface area (Å²) in [5.74, 6) is 0.218. The topological polar surface area (TPSA) is 89.4 Å². The highest BCUT2D eigenvalue weighted by Gasteiger charge is 2.13. The summed E-state index contributed by atoms with van der Waals surface area (Å²) in [4.78, 5) is 11.8. The molecule has 4 rings (SSSR count). The van der Waals surface area contributed by atoms with Gasteiger partial charge < -0.3 is 13.9 Å². The Labute approximate surface area is 167 Å². The van der Waals surface area contributed by atoms with Gasteiger partial charge in [0.05, 0.1) is 11.4 Å². The van der Waals surface area contributed by atoms with Crippen molar-refractivity contribution in [2.24, 2.45) is 0 Å². The van der Waals surface area contributed by atoms with Crippen molar-refractivity contribution < 1.29 is 18.3 Å². The number of phenolic OH excluding ortho intramolecular Hbond substituents is 1. The van der Waals surface area contributed by atoms with Gasteiger partial charge in [0.25, 0.3) is 5.22 Å². The number of hydrogen-bond donors (Lipinski definition) is 1. The van der Waals surface area contributed by atoms with Crippen molar-refractivity contribution in [2.45, 2.75) is 17.4 Å². The summed E-state index contributed by atoms with van der Waals surface area (Å²) >= 11 is 7.21. The molecule has 0 aliphatic heterocycles. The maximum atomic E-state index is 13.3. The maximum absolute atomic E-state index is 13.3. The van der Waals surface area contributed by atoms with Crippen LogP contribution in [0.2, 0.25) is 5.02 Å². The molecule has 0 saturated carbocycles. The van der Waals surface area contributed by atoms with Crippen LogP contribution in [0.4, 0.5) is 4.39 Å². The summed E-state index contributed by atoms with van der Waals surface area (Å²) in [6.07, 6.45) is 0.318. The van der Waals surface area contributed by atoms with E-state index in [1.165, 1.54) is 42.1 Å². The highest BCUT2D eigenvalue weighted by molar-refractivity contribution is 7.98. The number of aromatic hydroxyl groups is 1. The normalized spacial score (nSPS) is 11.2. The molecule has 2 heterocycles. The van der Waals surface area contributed by atoms with Crippen LogP contribution in [0.5, 0.6) is 5.75 Å². The van der Waals surface area contributed by atoms with Crippen LogP contribution in [0.3, 0.4) is 0 Å². The first-order valence-electron chi connectivity index (χ1n) is 8.13. The molecule has 0 aliphatic carbocycles. The average Bonchev–Trinajstić information content (AvgIpc) is 3.08. The van der Waals surface area contributed by atoms with Crippen molar-refractivity contribution in [2.75, 3.05) is 0 Å². The third-order valence-corrected chi connectivity index (χ3v) is 5.11. The predicted molar refractivity (Wildman–Crippen MR) is 102 cm³/mol. The predicted octanol–water partition coefficient (Wildman–Crippen LogP) is 4.56. The minimum Gasteiger partial charge on any atom is -0.506 e. The zero-order valence-electron chi connectivity index (χ0n) is 14.2. The first-order chi connectivity index (χ1) is 13.5. The Morgan fingerprint density at radius 1 is 1.14 bits per heavy atom. The van der Waals surface area contributed by atoms with Gasteiger partial charge in [-0.1, -0.05) is 35.5 Å². The molecular weight excluding hydrogens is 407 g/mol. The maximum Gasteiger partial charge on any atom is 0.336 e. The van der Waals surface area contributed by atoms with Crippen molar-refractivity contribution >= 4 is 34.3 Å². The van der Waals surface area contributed by atoms with Crippen LogP contribution in [0, 0.1) is 5.82 Å². The quantitative estimate of drug-likeness (QED) is 0.375. The van der Waals surface area contributed by atoms with Gasteiger partial charge in [0.15, 0.2) is 0 Å². The summed E-state index contributed by atoms with van der Waals surface area (Å²) in [5, 5.41) is 18.7. The van der Waals surface area contributed by atoms with Gasteiger partial charge in [-0.25, -0.2) is 9.18 Å². The molecule has 0 atom stereocenters. The Morgan fingerprint density at radius 2 is 2.00 bits per heavy atom. The second-order valence-corrected chi connectivity index (χ2v) is 7.28. The molecule has 2 aromatic heterocycles. The highest BCUT2D eigenvalue weighted by atomic mass is 35.5. The van der Waals surface area contributed by atoms with Crippen LogP contribution < -0.4 is 5.63 Å². The van der Waals surface area contributed by atoms with Crippen molar-refractivity contribution in [3.05, 3.63) is 80.7 Å². The number of benzene rings is 2. The Bertz CT molecular complexity index is 1220. The molecule has 9 heteroatoms. The number of halogens is 2. The third kappa shape index (κ3) is 4.02. The molecule has 0 fully saturated rings. The molecule has 1 N–H and O–H groups in total. The lowest BCUT2D eigenvalue weighted by atomic mass is 10.1. The molecule has 142 valence electrons. The van der Waals surface area contributed by atoms with E-state index in [1.807, 2.05) is 0 Å². The van der Waals surface area contributed by atoms with Crippen LogP contribution in [0.15, 0.2) is 61.3 Å². The summed E-state index contributed by atoms with van der Waals surface area (Å²) in [7, 11) is 0. The number of thioether (sulfide) groups is 1. The van der Waals surface area contributed by atoms with Crippen LogP contribution in [-0.2, 0) is 12.2 Å². The molecule has 0 amide bonds. The van der Waals surface area contributed by atoms with Crippen LogP contribution in [0.1, 0.15) is 17.0 Å². The SMILES string of the molecule is O=c1cc(CSc2nnc(Cc3cccc(F)c3)o2)c2cc(Cl)c(O)cc2o1. The van der Waals surface area contributed by atoms with Gasteiger partial charge in [-0.3, -0.25) is 0 Å². The summed E-state index contributed by atoms with van der Waals surface area (Å²) in [5.41, 5.74) is 1.08. The summed E-state index contributed by atoms with van der Waals surface area (Å²) in [6, 6.07) is 10.4. The van der Waals surface area contributed by atoms with E-state index in [0.29, 0.717) is 34.2 Å². The minimum atomic E-state index is -0.540. The third-order valence-electron chi connectivity index (χ3n) is 3.94. The number of aromatic nitrogens is 2. The van der Waals surface area contributed by atoms with E-state index >= 15 is 0 Å². The Kier molecular flexibility index (Phi) is 5.06. The molecule has 0 saturated heterocycles. The van der Waals surface area contributed by atoms with Gasteiger partial charge in [0, 0.05) is 23.3 Å². The standard InChI is InChI=1S/C19H12ClFN2O4S/c20-14-7-13-11(6-18(25)26-16(13)8-15(14)24)9-28-19-23-22-17(27-19)5-10-2-1-3-12(21)4-10/h1-4,6-8,24H,5,9H2. The number of phenols is 1. The van der Waals surface area contributed by atoms with Gasteiger partial charge in [-0.15, -0.1) is 10.2 Å². The number of fused-ring (bicyclic) bond motifs is 1. The molecule has 0 aliphatic rings. The van der Waals surface area contributed by atoms with Crippen LogP contribution >= 0.6 is 23.4 Å². The Hall–Kier alpha value is -2.84. The molecule has 0 spiro atoms. The fourth-order valence-corrected chi connectivity index (χ4v) is 3.62. The Morgan fingerprint density at radius 3 is 2.82 bits per heavy atom. The van der Waals surface area contributed by atoms with Crippen LogP contribution in [-0.4, -0.2) is 15.3 Å². The van der Waals surface area contributed by atoms with Crippen molar-refractivity contribution in [1.29, 1.82) is 0 Å². The van der Waals surface area contributed by atoms with Crippen LogP contribution in [0.25, 0.3) is 11.0 Å². The van der Waals surface area contributed by atoms with Crippen molar-refractivity contribution in [3.63, 3.8) is 0 Å². The van der Waals surface area contributed by atoms with Crippen molar-refractivity contribution in [3.8, 4) is 5.75 Å². The smallest absolute Gasteiger partial charge is 0.336 e. The fourth-order valence-electron chi connectivity index (χ4n) is 2.68. The second-order valence-electron chi connectivity index (χ2n) is 5.95. The molecule has 28 heavy (non-hydrogen) atoms. The van der Waals surface area contributed by atoms with E-state index in [2.05, 4.69) is 10.2 Å². The highest BCUT2D eigenvalue weighted by Crippen LogP contribution is 2.32. The number of rotatable bonds is 5. The lowest BCUT2D eigenvalue weighted by molar-refractivity contribution is 0.420. The fraction of sp³-hybridized carbons (Fsp3) is 0.105. The Balaban J connectivity index is 1.53. The molecule has 6 nitrogen and oxygen atoms in total. The molecular formula is C19H12ClFN2O4S. The van der Waals surface area contributed by atoms with E-state index in [1.54, 1.807) is 12.1 Å². The molecule has 0 bridgehead atoms. The van der Waals surface area contributed by atoms with E-state index in [-0.39, 0.29) is 22.2 Å². The van der Waals surface area contributed by atoms with Gasteiger partial charge in [-0.2, -0.15) is 0 Å². The largest absolute Gasteiger partial charge is 0.506 e. The van der Waals surface area contributed by atoms with E-state index < -0.39 is 5.63 Å². The first kappa shape index (κ1) is 18.5. The van der Waals surface area contributed by atoms with Gasteiger partial charge in [0.1, 0.15) is 17.1 Å². The molecule has 0 unspecified atom stereocenters. The van der Waals surface area contributed by atoms with Crippen molar-refractivity contribution in [1.82, 2.24) is 10.2 Å². The van der Waals surface area contributed by atoms with E-state index in [9.17, 15) is 14.3 Å². The second kappa shape index (κ2) is 7.65. The van der Waals surface area contributed by atoms with Gasteiger partial charge >= 0.3 is 5.63 Å². The molecule has 2 aromatic carbocycles. The summed E-state index contributed by atoms with van der Waals surface area (Å²) in [6.45, 7) is 0. The minimum absolute atomic E-state index is 0.155. The average molecular weight is 419 g/mol. The number of hydrogen-bond acceptors (Lipinski definition) is 7. The lowest BCUT2D eigenvalue weighted by Crippen LogP contribution is -2.00. The van der Waals surface area contributed by atoms with Gasteiger partial charge in [-0.05, 0) is 29.3 Å². The van der Waals surface area contributed by atoms with E-state index in [4.69, 9.17) is 20.4 Å². The molecule has 4 aromatic rings. The van der Waals surface area contributed by atoms with Gasteiger partial charge in [0.2, 0.25) is 5.89 Å².